The first-order chi connectivity index (χ1) is 6.13. The molecule has 2 unspecified atom stereocenters. The molecule has 0 aliphatic carbocycles. The third-order valence-electron chi connectivity index (χ3n) is 2.12. The molecule has 0 fully saturated rings. The van der Waals surface area contributed by atoms with Crippen molar-refractivity contribution >= 4 is 5.97 Å². The molecule has 0 saturated heterocycles. The number of rotatable bonds is 6. The van der Waals surface area contributed by atoms with Gasteiger partial charge in [0, 0.05) is 12.6 Å². The van der Waals surface area contributed by atoms with Gasteiger partial charge in [0.1, 0.15) is 0 Å². The Morgan fingerprint density at radius 3 is 2.62 bits per heavy atom. The van der Waals surface area contributed by atoms with Gasteiger partial charge in [-0.15, -0.1) is 0 Å². The summed E-state index contributed by atoms with van der Waals surface area (Å²) in [6.45, 7) is 4.65. The first-order valence-electron chi connectivity index (χ1n) is 4.55. The monoisotopic (exact) mass is 189 g/mol. The highest BCUT2D eigenvalue weighted by Gasteiger charge is 2.19. The van der Waals surface area contributed by atoms with Crippen molar-refractivity contribution in [2.75, 3.05) is 20.3 Å². The number of esters is 1. The van der Waals surface area contributed by atoms with Gasteiger partial charge >= 0.3 is 5.97 Å². The highest BCUT2D eigenvalue weighted by atomic mass is 16.5. The normalized spacial score (nSPS) is 15.1. The summed E-state index contributed by atoms with van der Waals surface area (Å²) in [5, 5.41) is 11.7. The Kier molecular flexibility index (Phi) is 6.54. The molecule has 0 saturated carbocycles. The van der Waals surface area contributed by atoms with E-state index in [2.05, 4.69) is 10.1 Å². The summed E-state index contributed by atoms with van der Waals surface area (Å²) >= 11 is 0. The van der Waals surface area contributed by atoms with E-state index in [1.165, 1.54) is 7.11 Å². The fourth-order valence-corrected chi connectivity index (χ4v) is 0.976. The van der Waals surface area contributed by atoms with Crippen LogP contribution in [-0.2, 0) is 9.53 Å². The van der Waals surface area contributed by atoms with Gasteiger partial charge in [-0.1, -0.05) is 6.92 Å². The van der Waals surface area contributed by atoms with Gasteiger partial charge in [0.25, 0.3) is 0 Å². The van der Waals surface area contributed by atoms with E-state index in [-0.39, 0.29) is 24.5 Å². The number of methoxy groups -OCH3 is 1. The molecule has 2 N–H and O–H groups in total. The van der Waals surface area contributed by atoms with Gasteiger partial charge in [-0.05, 0) is 19.9 Å². The average molecular weight is 189 g/mol. The molecule has 0 radical (unpaired) electrons. The van der Waals surface area contributed by atoms with E-state index in [9.17, 15) is 4.79 Å². The van der Waals surface area contributed by atoms with Crippen LogP contribution in [-0.4, -0.2) is 37.4 Å². The maximum Gasteiger partial charge on any atom is 0.309 e. The molecule has 13 heavy (non-hydrogen) atoms. The summed E-state index contributed by atoms with van der Waals surface area (Å²) in [7, 11) is 1.39. The van der Waals surface area contributed by atoms with E-state index in [0.29, 0.717) is 6.42 Å². The second-order valence-electron chi connectivity index (χ2n) is 3.13. The number of aliphatic hydroxyl groups is 1. The Morgan fingerprint density at radius 2 is 2.15 bits per heavy atom. The van der Waals surface area contributed by atoms with Gasteiger partial charge in [-0.2, -0.15) is 0 Å². The van der Waals surface area contributed by atoms with Gasteiger partial charge in [0.05, 0.1) is 13.0 Å². The van der Waals surface area contributed by atoms with Gasteiger partial charge < -0.3 is 15.2 Å². The van der Waals surface area contributed by atoms with Gasteiger partial charge in [-0.3, -0.25) is 4.79 Å². The highest BCUT2D eigenvalue weighted by molar-refractivity contribution is 5.72. The SMILES string of the molecule is COC(=O)C(C)C(C)NCCCO. The standard InChI is InChI=1S/C9H19NO3/c1-7(9(12)13-3)8(2)10-5-4-6-11/h7-8,10-11H,4-6H2,1-3H3. The largest absolute Gasteiger partial charge is 0.469 e. The van der Waals surface area contributed by atoms with E-state index in [0.717, 1.165) is 6.54 Å². The lowest BCUT2D eigenvalue weighted by molar-refractivity contribution is -0.145. The van der Waals surface area contributed by atoms with E-state index < -0.39 is 0 Å². The van der Waals surface area contributed by atoms with Crippen molar-refractivity contribution in [2.45, 2.75) is 26.3 Å². The Balaban J connectivity index is 3.68. The molecule has 78 valence electrons. The van der Waals surface area contributed by atoms with Crippen molar-refractivity contribution < 1.29 is 14.6 Å². The third kappa shape index (κ3) is 4.85. The Bertz CT molecular complexity index is 150. The lowest BCUT2D eigenvalue weighted by Gasteiger charge is -2.18. The van der Waals surface area contributed by atoms with E-state index in [4.69, 9.17) is 5.11 Å². The molecule has 0 heterocycles. The third-order valence-corrected chi connectivity index (χ3v) is 2.12. The minimum Gasteiger partial charge on any atom is -0.469 e. The second kappa shape index (κ2) is 6.86. The number of carbonyl (C=O) groups is 1. The predicted octanol–water partition coefficient (Wildman–Crippen LogP) is 0.156. The van der Waals surface area contributed by atoms with Gasteiger partial charge in [-0.25, -0.2) is 0 Å². The molecule has 0 aliphatic rings. The second-order valence-corrected chi connectivity index (χ2v) is 3.13. The summed E-state index contributed by atoms with van der Waals surface area (Å²) in [6, 6.07) is 0.0824. The number of carbonyl (C=O) groups excluding carboxylic acids is 1. The quantitative estimate of drug-likeness (QED) is 0.461. The van der Waals surface area contributed by atoms with Crippen LogP contribution >= 0.6 is 0 Å². The van der Waals surface area contributed by atoms with Crippen molar-refractivity contribution in [1.82, 2.24) is 5.32 Å². The molecule has 0 aromatic carbocycles. The van der Waals surface area contributed by atoms with Crippen LogP contribution < -0.4 is 5.32 Å². The van der Waals surface area contributed by atoms with Crippen LogP contribution in [0.25, 0.3) is 0 Å². The Labute approximate surface area is 79.3 Å². The summed E-state index contributed by atoms with van der Waals surface area (Å²) < 4.78 is 4.61. The fraction of sp³-hybridized carbons (Fsp3) is 0.889. The highest BCUT2D eigenvalue weighted by Crippen LogP contribution is 2.04. The molecule has 4 nitrogen and oxygen atoms in total. The van der Waals surface area contributed by atoms with Crippen LogP contribution in [0.3, 0.4) is 0 Å². The molecule has 2 atom stereocenters. The average Bonchev–Trinajstić information content (AvgIpc) is 2.15. The zero-order chi connectivity index (χ0) is 10.3. The molecule has 0 spiro atoms. The van der Waals surface area contributed by atoms with Gasteiger partial charge in [0.2, 0.25) is 0 Å². The van der Waals surface area contributed by atoms with Crippen molar-refractivity contribution in [3.05, 3.63) is 0 Å². The number of hydrogen-bond acceptors (Lipinski definition) is 4. The minimum atomic E-state index is -0.205. The summed E-state index contributed by atoms with van der Waals surface area (Å²) in [4.78, 5) is 11.1. The molecule has 0 amide bonds. The van der Waals surface area contributed by atoms with Crippen molar-refractivity contribution in [3.8, 4) is 0 Å². The molecule has 0 aliphatic heterocycles. The zero-order valence-corrected chi connectivity index (χ0v) is 8.54. The van der Waals surface area contributed by atoms with Crippen LogP contribution in [0.4, 0.5) is 0 Å². The molecular weight excluding hydrogens is 170 g/mol. The molecular formula is C9H19NO3. The lowest BCUT2D eigenvalue weighted by Crippen LogP contribution is -2.37. The van der Waals surface area contributed by atoms with E-state index >= 15 is 0 Å². The smallest absolute Gasteiger partial charge is 0.309 e. The van der Waals surface area contributed by atoms with Crippen LogP contribution in [0, 0.1) is 5.92 Å². The minimum absolute atomic E-state index is 0.0824. The number of aliphatic hydroxyl groups excluding tert-OH is 1. The number of hydrogen-bond donors (Lipinski definition) is 2. The topological polar surface area (TPSA) is 58.6 Å². The van der Waals surface area contributed by atoms with Crippen LogP contribution in [0.1, 0.15) is 20.3 Å². The molecule has 0 aromatic heterocycles. The van der Waals surface area contributed by atoms with Crippen LogP contribution in [0.15, 0.2) is 0 Å². The molecule has 0 bridgehead atoms. The fourth-order valence-electron chi connectivity index (χ4n) is 0.976. The first-order valence-corrected chi connectivity index (χ1v) is 4.55. The number of ether oxygens (including phenoxy) is 1. The summed E-state index contributed by atoms with van der Waals surface area (Å²) in [5.41, 5.74) is 0. The van der Waals surface area contributed by atoms with E-state index in [1.807, 2.05) is 13.8 Å². The molecule has 0 aromatic rings. The molecule has 0 rings (SSSR count). The maximum atomic E-state index is 11.1. The van der Waals surface area contributed by atoms with Crippen molar-refractivity contribution in [2.24, 2.45) is 5.92 Å². The Hall–Kier alpha value is -0.610. The maximum absolute atomic E-state index is 11.1. The first kappa shape index (κ1) is 12.4. The van der Waals surface area contributed by atoms with Crippen molar-refractivity contribution in [3.63, 3.8) is 0 Å². The number of nitrogens with one attached hydrogen (secondary N) is 1. The van der Waals surface area contributed by atoms with Crippen LogP contribution in [0.5, 0.6) is 0 Å². The predicted molar refractivity (Wildman–Crippen MR) is 50.3 cm³/mol. The van der Waals surface area contributed by atoms with E-state index in [1.54, 1.807) is 0 Å². The zero-order valence-electron chi connectivity index (χ0n) is 8.54. The van der Waals surface area contributed by atoms with Crippen LogP contribution in [0.2, 0.25) is 0 Å². The molecule has 4 heteroatoms. The summed E-state index contributed by atoms with van der Waals surface area (Å²) in [6.07, 6.45) is 0.707. The van der Waals surface area contributed by atoms with Crippen molar-refractivity contribution in [1.29, 1.82) is 0 Å². The van der Waals surface area contributed by atoms with Gasteiger partial charge in [0.15, 0.2) is 0 Å². The summed E-state index contributed by atoms with van der Waals surface area (Å²) in [5.74, 6) is -0.354. The Morgan fingerprint density at radius 1 is 1.54 bits per heavy atom. The lowest BCUT2D eigenvalue weighted by atomic mass is 10.0.